The first-order valence-corrected chi connectivity index (χ1v) is 27.4. The van der Waals surface area contributed by atoms with Crippen molar-refractivity contribution >= 4 is 52.3 Å². The number of carboxylic acids is 1. The van der Waals surface area contributed by atoms with Crippen LogP contribution in [0.3, 0.4) is 0 Å². The molecule has 3 N–H and O–H groups in total. The van der Waals surface area contributed by atoms with Gasteiger partial charge in [-0.25, -0.2) is 14.8 Å². The Morgan fingerprint density at radius 2 is 0.769 bits per heavy atom. The third-order valence-electron chi connectivity index (χ3n) is 16.5. The molecule has 0 spiro atoms. The van der Waals surface area contributed by atoms with Gasteiger partial charge in [-0.05, 0) is 195 Å². The second kappa shape index (κ2) is 18.3. The number of aromatic nitrogens is 4. The van der Waals surface area contributed by atoms with Gasteiger partial charge in [0.25, 0.3) is 0 Å². The number of benzene rings is 5. The lowest BCUT2D eigenvalue weighted by Crippen LogP contribution is -2.28. The van der Waals surface area contributed by atoms with Crippen molar-refractivity contribution in [2.45, 2.75) is 134 Å². The second-order valence-corrected chi connectivity index (χ2v) is 25.2. The topological polar surface area (TPSA) is 104 Å². The summed E-state index contributed by atoms with van der Waals surface area (Å²) < 4.78 is 7.26. The van der Waals surface area contributed by atoms with Gasteiger partial charge in [0.05, 0.1) is 22.8 Å². The molecule has 7 heteroatoms. The van der Waals surface area contributed by atoms with Crippen LogP contribution >= 0.6 is 0 Å². The molecule has 0 atom stereocenters. The summed E-state index contributed by atoms with van der Waals surface area (Å²) in [6.07, 6.45) is 8.66. The van der Waals surface area contributed by atoms with Crippen molar-refractivity contribution in [3.63, 3.8) is 0 Å². The standard InChI is InChI=1S/C71H72N4O3/c1-36-26-39(4)59(40(5)27-36)63-53-20-18-51(72-53)62(47-32-45(69(10,11)12)34-49-66(47)78-67-48(68(76)77)33-46(70(13,14)15)35-50(67)71(49,16)17)52-19-21-54(73-52)64(60-41(6)28-37(2)29-42(60)7)56-23-25-58(75-56)65(57-24-22-55(63)74-57)61-43(8)30-38(3)31-44(61)9/h18-35,72,75H,1-17H3,(H,76,77). The van der Waals surface area contributed by atoms with E-state index in [1.165, 1.54) is 27.8 Å². The van der Waals surface area contributed by atoms with Gasteiger partial charge in [0.2, 0.25) is 0 Å². The van der Waals surface area contributed by atoms with Gasteiger partial charge in [0.1, 0.15) is 17.1 Å². The smallest absolute Gasteiger partial charge is 0.339 e. The van der Waals surface area contributed by atoms with Crippen molar-refractivity contribution in [2.24, 2.45) is 0 Å². The maximum atomic E-state index is 13.5. The molecule has 3 aromatic heterocycles. The molecule has 0 saturated heterocycles. The van der Waals surface area contributed by atoms with Gasteiger partial charge in [-0.2, -0.15) is 0 Å². The number of hydrogen-bond donors (Lipinski definition) is 3. The fourth-order valence-electron chi connectivity index (χ4n) is 12.9. The highest BCUT2D eigenvalue weighted by atomic mass is 16.5. The maximum Gasteiger partial charge on any atom is 0.339 e. The van der Waals surface area contributed by atoms with E-state index in [2.05, 4.69) is 231 Å². The minimum atomic E-state index is -1.03. The highest BCUT2D eigenvalue weighted by molar-refractivity contribution is 6.03. The van der Waals surface area contributed by atoms with Crippen LogP contribution in [0.2, 0.25) is 0 Å². The van der Waals surface area contributed by atoms with E-state index in [1.54, 1.807) is 6.07 Å². The van der Waals surface area contributed by atoms with Gasteiger partial charge in [-0.3, -0.25) is 0 Å². The summed E-state index contributed by atoms with van der Waals surface area (Å²) in [5.74, 6) is -0.0514. The minimum absolute atomic E-state index is 0.145. The van der Waals surface area contributed by atoms with Crippen molar-refractivity contribution in [1.29, 1.82) is 0 Å². The zero-order chi connectivity index (χ0) is 55.8. The molecule has 8 aromatic rings. The molecule has 78 heavy (non-hydrogen) atoms. The summed E-state index contributed by atoms with van der Waals surface area (Å²) in [4.78, 5) is 33.0. The van der Waals surface area contributed by atoms with Crippen molar-refractivity contribution in [1.82, 2.24) is 19.9 Å². The number of nitrogens with one attached hydrogen (secondary N) is 2. The predicted molar refractivity (Wildman–Crippen MR) is 326 cm³/mol. The van der Waals surface area contributed by atoms with Crippen LogP contribution in [-0.4, -0.2) is 31.0 Å². The van der Waals surface area contributed by atoms with Crippen LogP contribution in [0.15, 0.2) is 84.9 Å². The minimum Gasteiger partial charge on any atom is -0.478 e. The first kappa shape index (κ1) is 52.0. The number of carbonyl (C=O) groups is 1. The quantitative estimate of drug-likeness (QED) is 0.159. The highest BCUT2D eigenvalue weighted by Gasteiger charge is 2.41. The molecule has 8 bridgehead atoms. The lowest BCUT2D eigenvalue weighted by atomic mass is 9.70. The molecule has 0 amide bonds. The summed E-state index contributed by atoms with van der Waals surface area (Å²) in [6.45, 7) is 37.2. The number of aromatic carboxylic acids is 1. The molecular formula is C71H72N4O3. The number of aryl methyl sites for hydroxylation is 9. The summed E-state index contributed by atoms with van der Waals surface area (Å²) in [5, 5.41) is 11.0. The van der Waals surface area contributed by atoms with E-state index in [0.29, 0.717) is 11.5 Å². The molecular weight excluding hydrogens is 957 g/mol. The van der Waals surface area contributed by atoms with Gasteiger partial charge >= 0.3 is 5.97 Å². The second-order valence-electron chi connectivity index (χ2n) is 25.2. The van der Waals surface area contributed by atoms with E-state index in [0.717, 1.165) is 134 Å². The molecule has 0 fully saturated rings. The average molecular weight is 1030 g/mol. The van der Waals surface area contributed by atoms with Crippen LogP contribution in [0.4, 0.5) is 0 Å². The van der Waals surface area contributed by atoms with E-state index in [1.807, 2.05) is 0 Å². The largest absolute Gasteiger partial charge is 0.478 e. The van der Waals surface area contributed by atoms with Crippen molar-refractivity contribution < 1.29 is 14.6 Å². The average Bonchev–Trinajstić information content (AvgIpc) is 4.26. The van der Waals surface area contributed by atoms with Crippen LogP contribution in [0.1, 0.15) is 161 Å². The number of ether oxygens (including phenoxy) is 1. The molecule has 3 aliphatic heterocycles. The summed E-state index contributed by atoms with van der Waals surface area (Å²) in [7, 11) is 0. The fraction of sp³-hybridized carbons (Fsp3) is 0.282. The molecule has 0 radical (unpaired) electrons. The summed E-state index contributed by atoms with van der Waals surface area (Å²) >= 11 is 0. The number of nitrogens with zero attached hydrogens (tertiary/aromatic N) is 2. The first-order valence-electron chi connectivity index (χ1n) is 27.4. The van der Waals surface area contributed by atoms with Crippen LogP contribution in [0, 0.1) is 62.3 Å². The maximum absolute atomic E-state index is 13.5. The number of rotatable bonds is 5. The van der Waals surface area contributed by atoms with E-state index in [9.17, 15) is 9.90 Å². The lowest BCUT2D eigenvalue weighted by Gasteiger charge is -2.38. The SMILES string of the molecule is Cc1cc(C)c(-c2c3nc(c(-c4c(C)cc(C)cc4C)c4ccc([nH]4)c(-c4c(C)cc(C)cc4C)c4nc(c(-c5cc(C(C)(C)C)cc6c5Oc5c(C(=O)O)cc(C(C)(C)C)cc5C6(C)C)c5ccc2[nH]5)C=C4)C=C3)c(C)c1. The molecule has 394 valence electrons. The number of aromatic amines is 2. The van der Waals surface area contributed by atoms with Gasteiger partial charge in [0, 0.05) is 66.4 Å². The van der Waals surface area contributed by atoms with Gasteiger partial charge in [-0.15, -0.1) is 0 Å². The van der Waals surface area contributed by atoms with Gasteiger partial charge in [0.15, 0.2) is 0 Å². The Hall–Kier alpha value is -8.03. The Kier molecular flexibility index (Phi) is 12.2. The fourth-order valence-corrected chi connectivity index (χ4v) is 12.9. The molecule has 0 saturated carbocycles. The number of H-pyrrole nitrogens is 2. The third-order valence-corrected chi connectivity index (χ3v) is 16.5. The van der Waals surface area contributed by atoms with E-state index in [-0.39, 0.29) is 16.4 Å². The molecule has 3 aliphatic rings. The van der Waals surface area contributed by atoms with Crippen LogP contribution in [0.25, 0.3) is 90.9 Å². The Bertz CT molecular complexity index is 4050. The summed E-state index contributed by atoms with van der Waals surface area (Å²) in [6, 6.07) is 30.8. The monoisotopic (exact) mass is 1030 g/mol. The zero-order valence-electron chi connectivity index (χ0n) is 48.6. The molecule has 11 rings (SSSR count). The van der Waals surface area contributed by atoms with Crippen molar-refractivity contribution in [3.8, 4) is 56.0 Å². The predicted octanol–water partition coefficient (Wildman–Crippen LogP) is 18.8. The van der Waals surface area contributed by atoms with Crippen LogP contribution in [0.5, 0.6) is 11.5 Å². The van der Waals surface area contributed by atoms with Gasteiger partial charge in [-0.1, -0.05) is 121 Å². The zero-order valence-corrected chi connectivity index (χ0v) is 48.6. The van der Waals surface area contributed by atoms with E-state index >= 15 is 0 Å². The molecule has 5 aromatic carbocycles. The van der Waals surface area contributed by atoms with Crippen LogP contribution < -0.4 is 4.74 Å². The molecule has 0 unspecified atom stereocenters. The lowest BCUT2D eigenvalue weighted by molar-refractivity contribution is 0.0693. The Morgan fingerprint density at radius 3 is 1.12 bits per heavy atom. The Morgan fingerprint density at radius 1 is 0.449 bits per heavy atom. The summed E-state index contributed by atoms with van der Waals surface area (Å²) in [5.41, 5.74) is 28.4. The van der Waals surface area contributed by atoms with Gasteiger partial charge < -0.3 is 19.8 Å². The Balaban J connectivity index is 1.36. The number of fused-ring (bicyclic) bond motifs is 10. The Labute approximate surface area is 460 Å². The third kappa shape index (κ3) is 8.63. The van der Waals surface area contributed by atoms with Crippen molar-refractivity contribution in [3.05, 3.63) is 186 Å². The van der Waals surface area contributed by atoms with Crippen molar-refractivity contribution in [2.75, 3.05) is 0 Å². The number of hydrogen-bond acceptors (Lipinski definition) is 4. The number of carboxylic acid groups (broad SMARTS) is 1. The van der Waals surface area contributed by atoms with E-state index in [4.69, 9.17) is 14.7 Å². The molecule has 7 nitrogen and oxygen atoms in total. The van der Waals surface area contributed by atoms with Crippen LogP contribution in [-0.2, 0) is 16.2 Å². The normalized spacial score (nSPS) is 13.7. The first-order chi connectivity index (χ1) is 36.7. The molecule has 0 aliphatic carbocycles. The molecule has 6 heterocycles. The highest BCUT2D eigenvalue weighted by Crippen LogP contribution is 2.56. The van der Waals surface area contributed by atoms with E-state index < -0.39 is 11.4 Å².